The molecule has 3 aromatic rings. The number of fused-ring (bicyclic) bond motifs is 1. The minimum atomic E-state index is -0.945. The van der Waals surface area contributed by atoms with Crippen LogP contribution in [0.5, 0.6) is 0 Å². The monoisotopic (exact) mass is 376 g/mol. The lowest BCUT2D eigenvalue weighted by molar-refractivity contribution is -0.151. The van der Waals surface area contributed by atoms with Crippen molar-refractivity contribution in [2.24, 2.45) is 12.5 Å². The van der Waals surface area contributed by atoms with E-state index in [1.807, 2.05) is 72.4 Å². The Kier molecular flexibility index (Phi) is 4.67. The molecule has 1 atom stereocenters. The first-order valence-electron chi connectivity index (χ1n) is 9.61. The van der Waals surface area contributed by atoms with Crippen LogP contribution >= 0.6 is 0 Å². The maximum absolute atomic E-state index is 13.3. The molecule has 4 rings (SSSR count). The van der Waals surface area contributed by atoms with E-state index in [-0.39, 0.29) is 12.5 Å². The van der Waals surface area contributed by atoms with E-state index >= 15 is 0 Å². The summed E-state index contributed by atoms with van der Waals surface area (Å²) in [6.45, 7) is 0.825. The Morgan fingerprint density at radius 3 is 2.54 bits per heavy atom. The molecule has 2 aromatic carbocycles. The number of carboxylic acid groups (broad SMARTS) is 1. The van der Waals surface area contributed by atoms with Crippen molar-refractivity contribution >= 4 is 22.8 Å². The van der Waals surface area contributed by atoms with E-state index in [9.17, 15) is 14.7 Å². The molecule has 0 unspecified atom stereocenters. The molecular weight excluding hydrogens is 352 g/mol. The fraction of sp³-hybridized carbons (Fsp3) is 0.304. The molecule has 0 radical (unpaired) electrons. The highest BCUT2D eigenvalue weighted by molar-refractivity contribution is 6.07. The molecule has 1 amide bonds. The van der Waals surface area contributed by atoms with Gasteiger partial charge in [0.2, 0.25) is 0 Å². The second-order valence-electron chi connectivity index (χ2n) is 7.75. The SMILES string of the molecule is Cn1cc(C(=O)N2CCC[C@](Cc3ccccc3)(C(=O)O)C2)c2ccccc21. The molecule has 0 saturated carbocycles. The summed E-state index contributed by atoms with van der Waals surface area (Å²) in [4.78, 5) is 27.3. The van der Waals surface area contributed by atoms with Crippen LogP contribution in [-0.4, -0.2) is 39.5 Å². The Labute approximate surface area is 164 Å². The number of amides is 1. The van der Waals surface area contributed by atoms with Crippen LogP contribution in [0.15, 0.2) is 60.8 Å². The van der Waals surface area contributed by atoms with Gasteiger partial charge in [-0.2, -0.15) is 0 Å². The molecule has 1 fully saturated rings. The third kappa shape index (κ3) is 3.17. The smallest absolute Gasteiger partial charge is 0.311 e. The van der Waals surface area contributed by atoms with Gasteiger partial charge in [-0.1, -0.05) is 48.5 Å². The fourth-order valence-electron chi connectivity index (χ4n) is 4.37. The van der Waals surface area contributed by atoms with Gasteiger partial charge in [0.05, 0.1) is 11.0 Å². The summed E-state index contributed by atoms with van der Waals surface area (Å²) in [5, 5.41) is 11.0. The molecule has 5 nitrogen and oxygen atoms in total. The Hall–Kier alpha value is -3.08. The molecule has 1 aromatic heterocycles. The summed E-state index contributed by atoms with van der Waals surface area (Å²) in [6.07, 6.45) is 3.55. The van der Waals surface area contributed by atoms with E-state index < -0.39 is 11.4 Å². The third-order valence-corrected chi connectivity index (χ3v) is 5.83. The molecule has 0 aliphatic carbocycles. The van der Waals surface area contributed by atoms with Crippen molar-refractivity contribution in [2.45, 2.75) is 19.3 Å². The predicted octanol–water partition coefficient (Wildman–Crippen LogP) is 3.73. The van der Waals surface area contributed by atoms with Crippen molar-refractivity contribution in [2.75, 3.05) is 13.1 Å². The van der Waals surface area contributed by atoms with Gasteiger partial charge in [0.1, 0.15) is 0 Å². The zero-order chi connectivity index (χ0) is 19.7. The lowest BCUT2D eigenvalue weighted by Gasteiger charge is -2.40. The Bertz CT molecular complexity index is 1020. The summed E-state index contributed by atoms with van der Waals surface area (Å²) < 4.78 is 1.95. The molecule has 1 aliphatic heterocycles. The normalized spacial score (nSPS) is 19.7. The number of hydrogen-bond donors (Lipinski definition) is 1. The number of nitrogens with zero attached hydrogens (tertiary/aromatic N) is 2. The van der Waals surface area contributed by atoms with Gasteiger partial charge in [0, 0.05) is 37.2 Å². The largest absolute Gasteiger partial charge is 0.481 e. The first-order chi connectivity index (χ1) is 13.5. The van der Waals surface area contributed by atoms with Crippen molar-refractivity contribution in [3.05, 3.63) is 71.9 Å². The van der Waals surface area contributed by atoms with Crippen molar-refractivity contribution in [3.63, 3.8) is 0 Å². The number of rotatable bonds is 4. The van der Waals surface area contributed by atoms with Crippen LogP contribution in [0.25, 0.3) is 10.9 Å². The molecule has 0 bridgehead atoms. The standard InChI is InChI=1S/C23H24N2O3/c1-24-15-19(18-10-5-6-11-20(18)24)21(26)25-13-7-12-23(16-25,22(27)28)14-17-8-3-2-4-9-17/h2-6,8-11,15H,7,12-14,16H2,1H3,(H,27,28)/t23-/m1/s1. The molecule has 144 valence electrons. The van der Waals surface area contributed by atoms with E-state index in [1.54, 1.807) is 4.90 Å². The quantitative estimate of drug-likeness (QED) is 0.755. The molecule has 1 N–H and O–H groups in total. The minimum absolute atomic E-state index is 0.0878. The highest BCUT2D eigenvalue weighted by Crippen LogP contribution is 2.35. The van der Waals surface area contributed by atoms with Crippen molar-refractivity contribution in [3.8, 4) is 0 Å². The average molecular weight is 376 g/mol. The Morgan fingerprint density at radius 1 is 1.07 bits per heavy atom. The highest BCUT2D eigenvalue weighted by atomic mass is 16.4. The van der Waals surface area contributed by atoms with Gasteiger partial charge in [-0.25, -0.2) is 0 Å². The Morgan fingerprint density at radius 2 is 1.79 bits per heavy atom. The minimum Gasteiger partial charge on any atom is -0.481 e. The van der Waals surface area contributed by atoms with Gasteiger partial charge in [-0.15, -0.1) is 0 Å². The van der Waals surface area contributed by atoms with Gasteiger partial charge in [-0.05, 0) is 30.9 Å². The van der Waals surface area contributed by atoms with E-state index in [2.05, 4.69) is 0 Å². The summed E-state index contributed by atoms with van der Waals surface area (Å²) in [6, 6.07) is 17.5. The maximum Gasteiger partial charge on any atom is 0.311 e. The van der Waals surface area contributed by atoms with E-state index in [4.69, 9.17) is 0 Å². The zero-order valence-electron chi connectivity index (χ0n) is 16.0. The third-order valence-electron chi connectivity index (χ3n) is 5.83. The molecule has 5 heteroatoms. The van der Waals surface area contributed by atoms with E-state index in [1.165, 1.54) is 0 Å². The molecular formula is C23H24N2O3. The summed E-state index contributed by atoms with van der Waals surface area (Å²) >= 11 is 0. The van der Waals surface area contributed by atoms with Crippen molar-refractivity contribution in [1.82, 2.24) is 9.47 Å². The first-order valence-corrected chi connectivity index (χ1v) is 9.61. The number of carboxylic acids is 1. The van der Waals surface area contributed by atoms with Gasteiger partial charge in [0.25, 0.3) is 5.91 Å². The fourth-order valence-corrected chi connectivity index (χ4v) is 4.37. The van der Waals surface area contributed by atoms with Crippen LogP contribution in [-0.2, 0) is 18.3 Å². The summed E-state index contributed by atoms with van der Waals surface area (Å²) in [5.41, 5.74) is 1.68. The predicted molar refractivity (Wildman–Crippen MR) is 108 cm³/mol. The number of carbonyl (C=O) groups is 2. The highest BCUT2D eigenvalue weighted by Gasteiger charge is 2.44. The topological polar surface area (TPSA) is 62.5 Å². The molecule has 0 spiro atoms. The number of aromatic nitrogens is 1. The second kappa shape index (κ2) is 7.15. The maximum atomic E-state index is 13.3. The number of aliphatic carboxylic acids is 1. The number of carbonyl (C=O) groups excluding carboxylic acids is 1. The lowest BCUT2D eigenvalue weighted by Crippen LogP contribution is -2.51. The molecule has 28 heavy (non-hydrogen) atoms. The van der Waals surface area contributed by atoms with Crippen LogP contribution in [0.2, 0.25) is 0 Å². The number of aryl methyl sites for hydroxylation is 1. The number of likely N-dealkylation sites (tertiary alicyclic amines) is 1. The molecule has 1 aliphatic rings. The van der Waals surface area contributed by atoms with E-state index in [0.29, 0.717) is 31.4 Å². The van der Waals surface area contributed by atoms with Crippen molar-refractivity contribution < 1.29 is 14.7 Å². The van der Waals surface area contributed by atoms with Gasteiger partial charge >= 0.3 is 5.97 Å². The zero-order valence-corrected chi connectivity index (χ0v) is 16.0. The number of hydrogen-bond acceptors (Lipinski definition) is 2. The Balaban J connectivity index is 1.64. The lowest BCUT2D eigenvalue weighted by atomic mass is 9.75. The van der Waals surface area contributed by atoms with Crippen molar-refractivity contribution in [1.29, 1.82) is 0 Å². The number of benzene rings is 2. The van der Waals surface area contributed by atoms with Gasteiger partial charge < -0.3 is 14.6 Å². The van der Waals surface area contributed by atoms with Crippen LogP contribution in [0, 0.1) is 5.41 Å². The number of para-hydroxylation sites is 1. The van der Waals surface area contributed by atoms with Gasteiger partial charge in [-0.3, -0.25) is 9.59 Å². The van der Waals surface area contributed by atoms with Crippen LogP contribution in [0.4, 0.5) is 0 Å². The van der Waals surface area contributed by atoms with Crippen LogP contribution in [0.1, 0.15) is 28.8 Å². The first kappa shape index (κ1) is 18.3. The van der Waals surface area contributed by atoms with Crippen LogP contribution < -0.4 is 0 Å². The van der Waals surface area contributed by atoms with E-state index in [0.717, 1.165) is 16.5 Å². The van der Waals surface area contributed by atoms with Gasteiger partial charge in [0.15, 0.2) is 0 Å². The summed E-state index contributed by atoms with van der Waals surface area (Å²) in [7, 11) is 1.92. The molecule has 1 saturated heterocycles. The molecule has 2 heterocycles. The average Bonchev–Trinajstić information content (AvgIpc) is 3.05. The van der Waals surface area contributed by atoms with Crippen LogP contribution in [0.3, 0.4) is 0 Å². The second-order valence-corrected chi connectivity index (χ2v) is 7.75. The summed E-state index contributed by atoms with van der Waals surface area (Å²) in [5.74, 6) is -0.915. The number of piperidine rings is 1.